The Labute approximate surface area is 179 Å². The van der Waals surface area contributed by atoms with E-state index in [4.69, 9.17) is 0 Å². The summed E-state index contributed by atoms with van der Waals surface area (Å²) in [7, 11) is 1.74. The van der Waals surface area contributed by atoms with Crippen LogP contribution in [-0.4, -0.2) is 56.3 Å². The van der Waals surface area contributed by atoms with Crippen LogP contribution in [0, 0.1) is 11.8 Å². The van der Waals surface area contributed by atoms with Gasteiger partial charge in [0.1, 0.15) is 0 Å². The van der Waals surface area contributed by atoms with Gasteiger partial charge >= 0.3 is 6.18 Å². The van der Waals surface area contributed by atoms with Crippen LogP contribution in [0.2, 0.25) is 0 Å². The summed E-state index contributed by atoms with van der Waals surface area (Å²) in [4.78, 5) is 5.76. The van der Waals surface area contributed by atoms with Gasteiger partial charge in [0.15, 0.2) is 5.96 Å². The lowest BCUT2D eigenvalue weighted by molar-refractivity contribution is -0.143. The molecule has 1 saturated heterocycles. The van der Waals surface area contributed by atoms with Crippen LogP contribution in [0.3, 0.4) is 0 Å². The normalized spacial score (nSPS) is 23.7. The molecule has 0 radical (unpaired) electrons. The highest BCUT2D eigenvalue weighted by molar-refractivity contribution is 14.0. The summed E-state index contributed by atoms with van der Waals surface area (Å²) in [5.41, 5.74) is 0. The summed E-state index contributed by atoms with van der Waals surface area (Å²) in [6.45, 7) is 3.07. The molecule has 1 saturated carbocycles. The first-order valence-electron chi connectivity index (χ1n) is 10.1. The van der Waals surface area contributed by atoms with Crippen molar-refractivity contribution < 1.29 is 13.2 Å². The Balaban J connectivity index is 0.00000364. The Hall–Kier alpha value is -0.250. The van der Waals surface area contributed by atoms with E-state index in [1.165, 1.54) is 43.4 Å². The summed E-state index contributed by atoms with van der Waals surface area (Å²) in [5, 5.41) is 6.72. The van der Waals surface area contributed by atoms with Crippen LogP contribution in [0.1, 0.15) is 58.3 Å². The second kappa shape index (κ2) is 12.3. The Morgan fingerprint density at radius 2 is 1.85 bits per heavy atom. The van der Waals surface area contributed by atoms with E-state index in [0.717, 1.165) is 24.7 Å². The summed E-state index contributed by atoms with van der Waals surface area (Å²) in [6.07, 6.45) is 5.98. The van der Waals surface area contributed by atoms with Crippen LogP contribution in [0.25, 0.3) is 0 Å². The van der Waals surface area contributed by atoms with Gasteiger partial charge in [-0.15, -0.1) is 24.0 Å². The van der Waals surface area contributed by atoms with Crippen LogP contribution in [0.15, 0.2) is 4.99 Å². The molecule has 0 aromatic carbocycles. The quantitative estimate of drug-likeness (QED) is 0.307. The van der Waals surface area contributed by atoms with Crippen molar-refractivity contribution in [2.75, 3.05) is 33.2 Å². The zero-order valence-corrected chi connectivity index (χ0v) is 19.0. The molecule has 2 unspecified atom stereocenters. The number of nitrogens with one attached hydrogen (secondary N) is 2. The number of alkyl halides is 3. The average Bonchev–Trinajstić information content (AvgIpc) is 3.03. The minimum Gasteiger partial charge on any atom is -0.356 e. The molecular formula is C19H36F3IN4. The highest BCUT2D eigenvalue weighted by Gasteiger charge is 2.34. The fraction of sp³-hybridized carbons (Fsp3) is 0.947. The van der Waals surface area contributed by atoms with Crippen LogP contribution in [0.5, 0.6) is 0 Å². The molecule has 0 aromatic rings. The number of hydrogen-bond donors (Lipinski definition) is 2. The topological polar surface area (TPSA) is 39.7 Å². The number of halogens is 4. The molecule has 2 fully saturated rings. The number of guanidine groups is 1. The summed E-state index contributed by atoms with van der Waals surface area (Å²) < 4.78 is 37.4. The van der Waals surface area contributed by atoms with Gasteiger partial charge in [0, 0.05) is 26.2 Å². The van der Waals surface area contributed by atoms with E-state index in [1.807, 2.05) is 0 Å². The molecule has 0 amide bonds. The molecule has 2 atom stereocenters. The first-order valence-corrected chi connectivity index (χ1v) is 10.1. The summed E-state index contributed by atoms with van der Waals surface area (Å²) >= 11 is 0. The third-order valence-electron chi connectivity index (χ3n) is 5.67. The van der Waals surface area contributed by atoms with Crippen molar-refractivity contribution in [2.45, 2.75) is 70.5 Å². The van der Waals surface area contributed by atoms with Gasteiger partial charge in [-0.25, -0.2) is 0 Å². The number of rotatable bonds is 7. The van der Waals surface area contributed by atoms with E-state index in [2.05, 4.69) is 22.5 Å². The summed E-state index contributed by atoms with van der Waals surface area (Å²) in [5.74, 6) is 1.88. The van der Waals surface area contributed by atoms with Crippen molar-refractivity contribution in [3.8, 4) is 0 Å². The van der Waals surface area contributed by atoms with Gasteiger partial charge in [-0.05, 0) is 44.6 Å². The third kappa shape index (κ3) is 10.2. The monoisotopic (exact) mass is 504 g/mol. The maximum absolute atomic E-state index is 12.5. The minimum atomic E-state index is -4.10. The maximum atomic E-state index is 12.5. The molecule has 27 heavy (non-hydrogen) atoms. The first kappa shape index (κ1) is 24.8. The second-order valence-corrected chi connectivity index (χ2v) is 8.08. The van der Waals surface area contributed by atoms with Crippen molar-refractivity contribution in [3.05, 3.63) is 0 Å². The molecular weight excluding hydrogens is 468 g/mol. The number of hydrogen-bond acceptors (Lipinski definition) is 2. The Morgan fingerprint density at radius 1 is 1.15 bits per heavy atom. The molecule has 160 valence electrons. The molecule has 2 rings (SSSR count). The number of nitrogens with zero attached hydrogens (tertiary/aromatic N) is 2. The number of aliphatic imine (C=N–C) groups is 1. The fourth-order valence-electron chi connectivity index (χ4n) is 4.18. The molecule has 8 heteroatoms. The van der Waals surface area contributed by atoms with Crippen molar-refractivity contribution >= 4 is 29.9 Å². The SMILES string of the molecule is CN=C(NCC1CCN(CC(F)(F)F)C1)NC(C)CCC1CCCCC1.I. The van der Waals surface area contributed by atoms with Gasteiger partial charge < -0.3 is 10.6 Å². The molecule has 1 heterocycles. The zero-order valence-electron chi connectivity index (χ0n) is 16.7. The van der Waals surface area contributed by atoms with Crippen molar-refractivity contribution in [3.63, 3.8) is 0 Å². The lowest BCUT2D eigenvalue weighted by Gasteiger charge is -2.24. The molecule has 2 N–H and O–H groups in total. The standard InChI is InChI=1S/C19H35F3N4.HI/c1-15(8-9-16-6-4-3-5-7-16)25-18(23-2)24-12-17-10-11-26(13-17)14-19(20,21)22;/h15-17H,3-14H2,1-2H3,(H2,23,24,25);1H. The summed E-state index contributed by atoms with van der Waals surface area (Å²) in [6, 6.07) is 0.355. The molecule has 1 aliphatic heterocycles. The van der Waals surface area contributed by atoms with E-state index in [1.54, 1.807) is 7.05 Å². The predicted molar refractivity (Wildman–Crippen MR) is 116 cm³/mol. The Kier molecular flexibility index (Phi) is 11.3. The number of likely N-dealkylation sites (tertiary alicyclic amines) is 1. The van der Waals surface area contributed by atoms with Crippen LogP contribution in [0.4, 0.5) is 13.2 Å². The van der Waals surface area contributed by atoms with E-state index < -0.39 is 12.7 Å². The van der Waals surface area contributed by atoms with Crippen LogP contribution >= 0.6 is 24.0 Å². The Bertz CT molecular complexity index is 439. The highest BCUT2D eigenvalue weighted by Crippen LogP contribution is 2.27. The van der Waals surface area contributed by atoms with Gasteiger partial charge in [-0.1, -0.05) is 32.1 Å². The van der Waals surface area contributed by atoms with Crippen molar-refractivity contribution in [2.24, 2.45) is 16.8 Å². The minimum absolute atomic E-state index is 0. The van der Waals surface area contributed by atoms with Gasteiger partial charge in [-0.2, -0.15) is 13.2 Å². The Morgan fingerprint density at radius 3 is 2.48 bits per heavy atom. The van der Waals surface area contributed by atoms with Gasteiger partial charge in [0.05, 0.1) is 6.54 Å². The third-order valence-corrected chi connectivity index (χ3v) is 5.67. The molecule has 0 aromatic heterocycles. The molecule has 1 aliphatic carbocycles. The van der Waals surface area contributed by atoms with Gasteiger partial charge in [0.25, 0.3) is 0 Å². The van der Waals surface area contributed by atoms with Crippen LogP contribution in [-0.2, 0) is 0 Å². The predicted octanol–water partition coefficient (Wildman–Crippen LogP) is 4.40. The first-order chi connectivity index (χ1) is 12.4. The highest BCUT2D eigenvalue weighted by atomic mass is 127. The molecule has 4 nitrogen and oxygen atoms in total. The second-order valence-electron chi connectivity index (χ2n) is 8.08. The van der Waals surface area contributed by atoms with Gasteiger partial charge in [-0.3, -0.25) is 9.89 Å². The lowest BCUT2D eigenvalue weighted by atomic mass is 9.85. The van der Waals surface area contributed by atoms with E-state index >= 15 is 0 Å². The van der Waals surface area contributed by atoms with Crippen molar-refractivity contribution in [1.29, 1.82) is 0 Å². The maximum Gasteiger partial charge on any atom is 0.401 e. The van der Waals surface area contributed by atoms with Gasteiger partial charge in [0.2, 0.25) is 0 Å². The van der Waals surface area contributed by atoms with E-state index in [-0.39, 0.29) is 29.9 Å². The van der Waals surface area contributed by atoms with Crippen molar-refractivity contribution in [1.82, 2.24) is 15.5 Å². The fourth-order valence-corrected chi connectivity index (χ4v) is 4.18. The van der Waals surface area contributed by atoms with E-state index in [0.29, 0.717) is 25.7 Å². The average molecular weight is 504 g/mol. The molecule has 2 aliphatic rings. The largest absolute Gasteiger partial charge is 0.401 e. The smallest absolute Gasteiger partial charge is 0.356 e. The zero-order chi connectivity index (χ0) is 19.0. The lowest BCUT2D eigenvalue weighted by Crippen LogP contribution is -2.44. The molecule has 0 bridgehead atoms. The van der Waals surface area contributed by atoms with Crippen LogP contribution < -0.4 is 10.6 Å². The molecule has 0 spiro atoms. The van der Waals surface area contributed by atoms with E-state index in [9.17, 15) is 13.2 Å².